The molecule has 1 aromatic carbocycles. The van der Waals surface area contributed by atoms with Crippen molar-refractivity contribution in [2.24, 2.45) is 10.1 Å². The van der Waals surface area contributed by atoms with Crippen molar-refractivity contribution >= 4 is 45.7 Å². The molecule has 4 heterocycles. The van der Waals surface area contributed by atoms with Crippen LogP contribution in [0.15, 0.2) is 46.0 Å². The molecule has 0 spiro atoms. The van der Waals surface area contributed by atoms with Crippen molar-refractivity contribution in [3.05, 3.63) is 58.4 Å². The number of rotatable bonds is 5. The number of fused-ring (bicyclic) bond motifs is 1. The smallest absolute Gasteiger partial charge is 0.283 e. The van der Waals surface area contributed by atoms with E-state index in [2.05, 4.69) is 33.7 Å². The molecular weight excluding hydrogens is 472 g/mol. The highest BCUT2D eigenvalue weighted by atomic mass is 32.2. The van der Waals surface area contributed by atoms with E-state index in [4.69, 9.17) is 5.41 Å². The van der Waals surface area contributed by atoms with Crippen LogP contribution in [0.25, 0.3) is 11.8 Å². The van der Waals surface area contributed by atoms with E-state index in [1.807, 2.05) is 36.9 Å². The summed E-state index contributed by atoms with van der Waals surface area (Å²) in [6.07, 6.45) is 6.03. The Balaban J connectivity index is 1.41. The fourth-order valence-corrected chi connectivity index (χ4v) is 5.85. The van der Waals surface area contributed by atoms with E-state index < -0.39 is 5.91 Å². The molecule has 3 aliphatic rings. The number of amides is 2. The number of hydrogen-bond donors (Lipinski definition) is 1. The normalized spacial score (nSPS) is 19.0. The molecule has 5 rings (SSSR count). The van der Waals surface area contributed by atoms with Gasteiger partial charge < -0.3 is 9.47 Å². The van der Waals surface area contributed by atoms with Gasteiger partial charge in [0.05, 0.1) is 12.0 Å². The molecule has 8 nitrogen and oxygen atoms in total. The number of carbonyl (C=O) groups is 2. The number of aryl methyl sites for hydroxylation is 2. The Morgan fingerprint density at radius 1 is 1.17 bits per heavy atom. The van der Waals surface area contributed by atoms with Gasteiger partial charge in [-0.15, -0.1) is 0 Å². The molecule has 1 fully saturated rings. The number of amidine groups is 2. The number of hydrogen-bond acceptors (Lipinski definition) is 5. The van der Waals surface area contributed by atoms with E-state index in [9.17, 15) is 9.59 Å². The molecule has 0 radical (unpaired) electrons. The molecule has 2 aromatic rings. The first-order valence-electron chi connectivity index (χ1n) is 12.4. The number of hydrazone groups is 1. The van der Waals surface area contributed by atoms with Gasteiger partial charge in [0, 0.05) is 30.2 Å². The third-order valence-corrected chi connectivity index (χ3v) is 7.80. The molecular formula is C27H30N6O2S. The van der Waals surface area contributed by atoms with Gasteiger partial charge in [0.1, 0.15) is 5.04 Å². The van der Waals surface area contributed by atoms with Gasteiger partial charge in [0.2, 0.25) is 11.1 Å². The van der Waals surface area contributed by atoms with E-state index in [0.717, 1.165) is 61.4 Å². The van der Waals surface area contributed by atoms with Crippen molar-refractivity contribution in [1.29, 1.82) is 5.41 Å². The fraction of sp³-hybridized carbons (Fsp3) is 0.370. The lowest BCUT2D eigenvalue weighted by Gasteiger charge is -2.26. The standard InChI is InChI=1S/C27H30N6O2S/c1-4-19-10-6-7-11-22(19)32-17(2)14-20(18(32)3)15-21-25(28)33-27(29-26(21)35)36-23(30-33)16-24(34)31-12-8-5-9-13-31/h6-7,10-11,14-15,28H,4-5,8-9,12-13,16H2,1-3H3. The van der Waals surface area contributed by atoms with Crippen LogP contribution in [0.2, 0.25) is 0 Å². The summed E-state index contributed by atoms with van der Waals surface area (Å²) in [5.41, 5.74) is 5.45. The Hall–Kier alpha value is -3.46. The van der Waals surface area contributed by atoms with Gasteiger partial charge in [-0.1, -0.05) is 25.1 Å². The largest absolute Gasteiger partial charge is 0.342 e. The molecule has 1 N–H and O–H groups in total. The summed E-state index contributed by atoms with van der Waals surface area (Å²) in [7, 11) is 0. The lowest BCUT2D eigenvalue weighted by Crippen LogP contribution is -2.36. The van der Waals surface area contributed by atoms with Gasteiger partial charge >= 0.3 is 0 Å². The predicted molar refractivity (Wildman–Crippen MR) is 145 cm³/mol. The summed E-state index contributed by atoms with van der Waals surface area (Å²) < 4.78 is 2.19. The molecule has 0 saturated carbocycles. The van der Waals surface area contributed by atoms with Crippen LogP contribution in [0.1, 0.15) is 55.1 Å². The number of carbonyl (C=O) groups excluding carboxylic acids is 2. The number of benzene rings is 1. The Morgan fingerprint density at radius 3 is 2.67 bits per heavy atom. The maximum atomic E-state index is 12.9. The highest BCUT2D eigenvalue weighted by Gasteiger charge is 2.36. The second kappa shape index (κ2) is 9.89. The zero-order chi connectivity index (χ0) is 25.4. The summed E-state index contributed by atoms with van der Waals surface area (Å²) in [5, 5.41) is 15.5. The van der Waals surface area contributed by atoms with Gasteiger partial charge in [0.25, 0.3) is 5.91 Å². The molecule has 1 aromatic heterocycles. The number of thioether (sulfide) groups is 1. The molecule has 0 unspecified atom stereocenters. The average molecular weight is 503 g/mol. The molecule has 36 heavy (non-hydrogen) atoms. The highest BCUT2D eigenvalue weighted by molar-refractivity contribution is 8.27. The molecule has 9 heteroatoms. The Bertz CT molecular complexity index is 1350. The lowest BCUT2D eigenvalue weighted by molar-refractivity contribution is -0.130. The van der Waals surface area contributed by atoms with Crippen molar-refractivity contribution in [2.45, 2.75) is 52.9 Å². The SMILES string of the molecule is CCc1ccccc1-n1c(C)cc(C=C2C(=N)N3N=C(CC(=O)N4CCCCC4)SC3=NC2=O)c1C. The van der Waals surface area contributed by atoms with E-state index in [-0.39, 0.29) is 23.7 Å². The minimum Gasteiger partial charge on any atom is -0.342 e. The first-order valence-corrected chi connectivity index (χ1v) is 13.2. The Kier molecular flexibility index (Phi) is 6.66. The number of aromatic nitrogens is 1. The number of likely N-dealkylation sites (tertiary alicyclic amines) is 1. The summed E-state index contributed by atoms with van der Waals surface area (Å²) in [6, 6.07) is 10.3. The van der Waals surface area contributed by atoms with Crippen LogP contribution in [0.4, 0.5) is 0 Å². The number of piperidine rings is 1. The van der Waals surface area contributed by atoms with Crippen molar-refractivity contribution in [2.75, 3.05) is 13.1 Å². The van der Waals surface area contributed by atoms with E-state index in [1.165, 1.54) is 22.3 Å². The fourth-order valence-electron chi connectivity index (χ4n) is 4.98. The van der Waals surface area contributed by atoms with Crippen molar-refractivity contribution in [1.82, 2.24) is 14.5 Å². The predicted octanol–water partition coefficient (Wildman–Crippen LogP) is 4.68. The van der Waals surface area contributed by atoms with Gasteiger partial charge in [0.15, 0.2) is 5.84 Å². The molecule has 0 bridgehead atoms. The maximum Gasteiger partial charge on any atom is 0.283 e. The second-order valence-electron chi connectivity index (χ2n) is 9.28. The minimum absolute atomic E-state index is 0.0170. The number of nitrogens with one attached hydrogen (secondary N) is 1. The molecule has 186 valence electrons. The third kappa shape index (κ3) is 4.43. The van der Waals surface area contributed by atoms with Gasteiger partial charge in [-0.3, -0.25) is 15.0 Å². The first-order chi connectivity index (χ1) is 17.4. The van der Waals surface area contributed by atoms with Crippen molar-refractivity contribution in [3.8, 4) is 5.69 Å². The number of nitrogens with zero attached hydrogens (tertiary/aromatic N) is 5. The van der Waals surface area contributed by atoms with Crippen molar-refractivity contribution in [3.63, 3.8) is 0 Å². The first kappa shape index (κ1) is 24.2. The van der Waals surface area contributed by atoms with Crippen LogP contribution >= 0.6 is 11.8 Å². The van der Waals surface area contributed by atoms with Crippen molar-refractivity contribution < 1.29 is 9.59 Å². The van der Waals surface area contributed by atoms with Crippen LogP contribution in [0, 0.1) is 19.3 Å². The van der Waals surface area contributed by atoms with Crippen LogP contribution in [0.5, 0.6) is 0 Å². The summed E-state index contributed by atoms with van der Waals surface area (Å²) in [5.74, 6) is -0.442. The Morgan fingerprint density at radius 2 is 1.92 bits per heavy atom. The van der Waals surface area contributed by atoms with Gasteiger partial charge in [-0.05, 0) is 80.6 Å². The monoisotopic (exact) mass is 502 g/mol. The lowest BCUT2D eigenvalue weighted by atomic mass is 10.1. The van der Waals surface area contributed by atoms with Gasteiger partial charge in [-0.2, -0.15) is 15.1 Å². The van der Waals surface area contributed by atoms with Gasteiger partial charge in [-0.25, -0.2) is 0 Å². The molecule has 2 amide bonds. The number of para-hydroxylation sites is 1. The maximum absolute atomic E-state index is 12.9. The molecule has 0 atom stereocenters. The summed E-state index contributed by atoms with van der Waals surface area (Å²) in [6.45, 7) is 7.76. The highest BCUT2D eigenvalue weighted by Crippen LogP contribution is 2.31. The number of aliphatic imine (C=N–C) groups is 1. The summed E-state index contributed by atoms with van der Waals surface area (Å²) >= 11 is 1.20. The van der Waals surface area contributed by atoms with Crippen LogP contribution in [0.3, 0.4) is 0 Å². The topological polar surface area (TPSA) is 94.1 Å². The second-order valence-corrected chi connectivity index (χ2v) is 10.3. The molecule has 1 saturated heterocycles. The average Bonchev–Trinajstić information content (AvgIpc) is 3.41. The van der Waals surface area contributed by atoms with Crippen LogP contribution in [-0.2, 0) is 16.0 Å². The zero-order valence-electron chi connectivity index (χ0n) is 20.9. The van der Waals surface area contributed by atoms with E-state index in [0.29, 0.717) is 10.2 Å². The summed E-state index contributed by atoms with van der Waals surface area (Å²) in [4.78, 5) is 31.7. The Labute approximate surface area is 215 Å². The van der Waals surface area contributed by atoms with Crippen LogP contribution in [-0.4, -0.2) is 55.4 Å². The molecule has 0 aliphatic carbocycles. The van der Waals surface area contributed by atoms with E-state index in [1.54, 1.807) is 6.08 Å². The quantitative estimate of drug-likeness (QED) is 0.601. The van der Waals surface area contributed by atoms with E-state index >= 15 is 0 Å². The third-order valence-electron chi connectivity index (χ3n) is 6.89. The minimum atomic E-state index is -0.462. The van der Waals surface area contributed by atoms with Crippen LogP contribution < -0.4 is 0 Å². The molecule has 3 aliphatic heterocycles. The zero-order valence-corrected chi connectivity index (χ0v) is 21.7.